The Morgan fingerprint density at radius 1 is 1.15 bits per heavy atom. The van der Waals surface area contributed by atoms with Crippen LogP contribution in [0.3, 0.4) is 0 Å². The largest absolute Gasteiger partial charge is 0.489 e. The van der Waals surface area contributed by atoms with Gasteiger partial charge >= 0.3 is 0 Å². The van der Waals surface area contributed by atoms with Crippen molar-refractivity contribution >= 4 is 26.6 Å². The van der Waals surface area contributed by atoms with E-state index in [0.29, 0.717) is 22.4 Å². The second kappa shape index (κ2) is 9.52. The van der Waals surface area contributed by atoms with Gasteiger partial charge in [-0.15, -0.1) is 5.10 Å². The van der Waals surface area contributed by atoms with Crippen LogP contribution in [0.1, 0.15) is 35.3 Å². The van der Waals surface area contributed by atoms with Crippen LogP contribution < -0.4 is 14.8 Å². The molecule has 1 N–H and O–H groups in total. The summed E-state index contributed by atoms with van der Waals surface area (Å²) in [6.07, 6.45) is 3.96. The summed E-state index contributed by atoms with van der Waals surface area (Å²) < 4.78 is 79.6. The lowest BCUT2D eigenvalue weighted by atomic mass is 10.2. The van der Waals surface area contributed by atoms with Crippen LogP contribution in [0.15, 0.2) is 47.6 Å². The van der Waals surface area contributed by atoms with Crippen LogP contribution in [0.4, 0.5) is 13.2 Å². The summed E-state index contributed by atoms with van der Waals surface area (Å²) in [5, 5.41) is 7.34. The molecule has 0 unspecified atom stereocenters. The van der Waals surface area contributed by atoms with Crippen molar-refractivity contribution in [1.82, 2.24) is 25.1 Å². The molecule has 4 aromatic rings. The number of sulfone groups is 1. The molecule has 1 aliphatic carbocycles. The number of fused-ring (bicyclic) bond motifs is 2. The van der Waals surface area contributed by atoms with E-state index in [4.69, 9.17) is 9.47 Å². The highest BCUT2D eigenvalue weighted by Crippen LogP contribution is 2.35. The first kappa shape index (κ1) is 25.1. The fourth-order valence-electron chi connectivity index (χ4n) is 4.02. The third kappa shape index (κ3) is 4.87. The standard InChI is InChI=1S/C25H20F3N5O5S/c26-17-7-14(8-20-23(17)37-6-5-21(28)39(20,35)36)24(34)30-11-15-9-19-13(10-29-15)1-4-22(31-19)33-12-18(27)25(32-33)38-16-2-3-16/h1,4,7-10,12,16,21H,2-3,5-6,11H2,(H,30,34)/t21-/m1/s1. The normalized spacial score (nSPS) is 18.2. The maximum absolute atomic E-state index is 14.6. The summed E-state index contributed by atoms with van der Waals surface area (Å²) in [4.78, 5) is 20.8. The molecule has 1 aromatic carbocycles. The van der Waals surface area contributed by atoms with Gasteiger partial charge in [-0.3, -0.25) is 9.78 Å². The van der Waals surface area contributed by atoms with Gasteiger partial charge in [0, 0.05) is 23.6 Å². The quantitative estimate of drug-likeness (QED) is 0.381. The van der Waals surface area contributed by atoms with E-state index in [1.807, 2.05) is 0 Å². The Morgan fingerprint density at radius 3 is 2.77 bits per heavy atom. The van der Waals surface area contributed by atoms with Crippen molar-refractivity contribution in [3.8, 4) is 17.4 Å². The molecule has 1 atom stereocenters. The van der Waals surface area contributed by atoms with Gasteiger partial charge in [-0.05, 0) is 43.2 Å². The summed E-state index contributed by atoms with van der Waals surface area (Å²) >= 11 is 0. The molecular formula is C25H20F3N5O5S. The van der Waals surface area contributed by atoms with Crippen LogP contribution in [-0.2, 0) is 16.4 Å². The first-order valence-electron chi connectivity index (χ1n) is 12.0. The Balaban J connectivity index is 1.21. The van der Waals surface area contributed by atoms with Crippen molar-refractivity contribution in [2.75, 3.05) is 6.61 Å². The number of nitrogens with one attached hydrogen (secondary N) is 1. The number of halogens is 3. The predicted molar refractivity (Wildman–Crippen MR) is 130 cm³/mol. The molecule has 0 bridgehead atoms. The number of pyridine rings is 2. The first-order valence-corrected chi connectivity index (χ1v) is 13.5. The molecule has 2 aliphatic rings. The smallest absolute Gasteiger partial charge is 0.270 e. The van der Waals surface area contributed by atoms with E-state index in [-0.39, 0.29) is 30.7 Å². The minimum Gasteiger partial charge on any atom is -0.489 e. The molecule has 1 fully saturated rings. The Hall–Kier alpha value is -4.20. The number of hydrogen-bond acceptors (Lipinski definition) is 8. The number of carbonyl (C=O) groups excluding carboxylic acids is 1. The van der Waals surface area contributed by atoms with Gasteiger partial charge < -0.3 is 14.8 Å². The highest BCUT2D eigenvalue weighted by atomic mass is 32.2. The third-order valence-corrected chi connectivity index (χ3v) is 8.05. The van der Waals surface area contributed by atoms with Crippen molar-refractivity contribution in [2.45, 2.75) is 42.3 Å². The number of amides is 1. The average Bonchev–Trinajstić information content (AvgIpc) is 3.68. The van der Waals surface area contributed by atoms with Crippen LogP contribution in [-0.4, -0.2) is 52.3 Å². The lowest BCUT2D eigenvalue weighted by Gasteiger charge is -2.12. The maximum atomic E-state index is 14.6. The van der Waals surface area contributed by atoms with Crippen molar-refractivity contribution in [1.29, 1.82) is 0 Å². The van der Waals surface area contributed by atoms with E-state index >= 15 is 0 Å². The summed E-state index contributed by atoms with van der Waals surface area (Å²) in [6, 6.07) is 6.70. The van der Waals surface area contributed by atoms with Crippen molar-refractivity contribution < 1.29 is 35.9 Å². The van der Waals surface area contributed by atoms with Gasteiger partial charge in [0.15, 0.2) is 17.4 Å². The Kier molecular flexibility index (Phi) is 6.13. The Morgan fingerprint density at radius 2 is 1.97 bits per heavy atom. The van der Waals surface area contributed by atoms with Crippen LogP contribution in [0.25, 0.3) is 16.7 Å². The Bertz CT molecular complexity index is 1720. The fourth-order valence-corrected chi connectivity index (χ4v) is 5.41. The van der Waals surface area contributed by atoms with Crippen LogP contribution in [0.5, 0.6) is 11.6 Å². The van der Waals surface area contributed by atoms with E-state index in [0.717, 1.165) is 25.0 Å². The number of carbonyl (C=O) groups is 1. The number of benzene rings is 1. The van der Waals surface area contributed by atoms with E-state index in [1.54, 1.807) is 18.2 Å². The molecule has 39 heavy (non-hydrogen) atoms. The molecule has 1 saturated carbocycles. The molecule has 0 spiro atoms. The summed E-state index contributed by atoms with van der Waals surface area (Å²) in [5.74, 6) is -2.84. The number of alkyl halides is 1. The molecule has 202 valence electrons. The van der Waals surface area contributed by atoms with Crippen molar-refractivity contribution in [3.05, 3.63) is 65.6 Å². The van der Waals surface area contributed by atoms with Crippen LogP contribution >= 0.6 is 0 Å². The molecule has 10 nitrogen and oxygen atoms in total. The number of nitrogens with zero attached hydrogens (tertiary/aromatic N) is 4. The third-order valence-electron chi connectivity index (χ3n) is 6.23. The monoisotopic (exact) mass is 559 g/mol. The fraction of sp³-hybridized carbons (Fsp3) is 0.280. The number of hydrogen-bond donors (Lipinski definition) is 1. The van der Waals surface area contributed by atoms with Crippen LogP contribution in [0.2, 0.25) is 0 Å². The zero-order valence-corrected chi connectivity index (χ0v) is 20.9. The molecule has 1 amide bonds. The summed E-state index contributed by atoms with van der Waals surface area (Å²) in [6.45, 7) is -0.422. The van der Waals surface area contributed by atoms with E-state index in [1.165, 1.54) is 17.1 Å². The molecule has 4 heterocycles. The van der Waals surface area contributed by atoms with Gasteiger partial charge in [0.1, 0.15) is 11.0 Å². The highest BCUT2D eigenvalue weighted by Gasteiger charge is 2.35. The second-order valence-electron chi connectivity index (χ2n) is 9.14. The lowest BCUT2D eigenvalue weighted by molar-refractivity contribution is 0.0949. The van der Waals surface area contributed by atoms with Gasteiger partial charge in [0.2, 0.25) is 21.2 Å². The van der Waals surface area contributed by atoms with Gasteiger partial charge in [-0.25, -0.2) is 26.9 Å². The Labute approximate surface area is 219 Å². The zero-order chi connectivity index (χ0) is 27.3. The number of rotatable bonds is 6. The predicted octanol–water partition coefficient (Wildman–Crippen LogP) is 3.42. The number of ether oxygens (including phenoxy) is 2. The molecule has 0 saturated heterocycles. The van der Waals surface area contributed by atoms with Crippen molar-refractivity contribution in [3.63, 3.8) is 0 Å². The van der Waals surface area contributed by atoms with E-state index < -0.39 is 49.9 Å². The van der Waals surface area contributed by atoms with Crippen LogP contribution in [0, 0.1) is 11.6 Å². The minimum absolute atomic E-state index is 0.0168. The molecule has 1 aliphatic heterocycles. The second-order valence-corrected chi connectivity index (χ2v) is 11.2. The summed E-state index contributed by atoms with van der Waals surface area (Å²) in [5.41, 5.74) is -1.72. The molecule has 0 radical (unpaired) electrons. The molecule has 6 rings (SSSR count). The minimum atomic E-state index is -4.53. The van der Waals surface area contributed by atoms with Crippen molar-refractivity contribution in [2.24, 2.45) is 0 Å². The average molecular weight is 560 g/mol. The van der Waals surface area contributed by atoms with Gasteiger partial charge in [0.05, 0.1) is 30.6 Å². The van der Waals surface area contributed by atoms with E-state index in [2.05, 4.69) is 20.4 Å². The zero-order valence-electron chi connectivity index (χ0n) is 20.1. The summed E-state index contributed by atoms with van der Waals surface area (Å²) in [7, 11) is -4.53. The van der Waals surface area contributed by atoms with Gasteiger partial charge in [0.25, 0.3) is 11.8 Å². The van der Waals surface area contributed by atoms with Gasteiger partial charge in [-0.2, -0.15) is 4.39 Å². The van der Waals surface area contributed by atoms with Gasteiger partial charge in [-0.1, -0.05) is 0 Å². The maximum Gasteiger partial charge on any atom is 0.270 e. The number of aromatic nitrogens is 4. The van der Waals surface area contributed by atoms with E-state index in [9.17, 15) is 26.4 Å². The SMILES string of the molecule is O=C(NCc1cc2nc(-n3cc(F)c(OC4CC4)n3)ccc2cn1)c1cc(F)c2c(c1)S(=O)(=O)[C@@H](F)CCO2. The lowest BCUT2D eigenvalue weighted by Crippen LogP contribution is -2.24. The first-order chi connectivity index (χ1) is 18.7. The molecule has 14 heteroatoms. The topological polar surface area (TPSA) is 125 Å². The molecule has 3 aromatic heterocycles. The molecular weight excluding hydrogens is 539 g/mol. The highest BCUT2D eigenvalue weighted by molar-refractivity contribution is 7.92.